The van der Waals surface area contributed by atoms with E-state index in [1.165, 1.54) is 0 Å². The SMILES string of the molecule is COc1ccc(-c2ccc(N3CCN(C(=O)CN(Cc4ccccc4)C(=O)C4CC4)CC3)nn2)cc1OC. The van der Waals surface area contributed by atoms with Crippen LogP contribution in [0, 0.1) is 5.92 Å². The molecule has 2 amide bonds. The van der Waals surface area contributed by atoms with Crippen LogP contribution in [0.1, 0.15) is 18.4 Å². The first-order valence-corrected chi connectivity index (χ1v) is 13.0. The van der Waals surface area contributed by atoms with Gasteiger partial charge in [0.25, 0.3) is 0 Å². The molecule has 2 aliphatic rings. The fourth-order valence-electron chi connectivity index (χ4n) is 4.70. The molecule has 9 heteroatoms. The lowest BCUT2D eigenvalue weighted by Crippen LogP contribution is -2.52. The number of carbonyl (C=O) groups excluding carboxylic acids is 2. The topological polar surface area (TPSA) is 88.1 Å². The molecule has 1 aliphatic heterocycles. The van der Waals surface area contributed by atoms with Gasteiger partial charge in [0, 0.05) is 44.2 Å². The molecule has 1 aromatic heterocycles. The molecule has 0 atom stereocenters. The Hall–Kier alpha value is -4.14. The molecule has 3 aromatic rings. The third-order valence-corrected chi connectivity index (χ3v) is 7.07. The Kier molecular flexibility index (Phi) is 7.72. The van der Waals surface area contributed by atoms with Crippen LogP contribution in [0.25, 0.3) is 11.3 Å². The molecule has 9 nitrogen and oxygen atoms in total. The van der Waals surface area contributed by atoms with E-state index < -0.39 is 0 Å². The summed E-state index contributed by atoms with van der Waals surface area (Å²) in [6, 6.07) is 19.4. The third-order valence-electron chi connectivity index (χ3n) is 7.07. The van der Waals surface area contributed by atoms with Gasteiger partial charge < -0.3 is 24.2 Å². The number of hydrogen-bond acceptors (Lipinski definition) is 7. The van der Waals surface area contributed by atoms with Gasteiger partial charge in [-0.3, -0.25) is 9.59 Å². The predicted molar refractivity (Wildman–Crippen MR) is 144 cm³/mol. The maximum absolute atomic E-state index is 13.2. The van der Waals surface area contributed by atoms with E-state index in [0.29, 0.717) is 44.2 Å². The van der Waals surface area contributed by atoms with Gasteiger partial charge in [-0.25, -0.2) is 0 Å². The van der Waals surface area contributed by atoms with Gasteiger partial charge >= 0.3 is 0 Å². The van der Waals surface area contributed by atoms with Crippen LogP contribution in [0.15, 0.2) is 60.7 Å². The number of nitrogens with zero attached hydrogens (tertiary/aromatic N) is 5. The zero-order chi connectivity index (χ0) is 26.5. The van der Waals surface area contributed by atoms with E-state index in [-0.39, 0.29) is 24.3 Å². The van der Waals surface area contributed by atoms with Crippen LogP contribution in [0.3, 0.4) is 0 Å². The van der Waals surface area contributed by atoms with Crippen LogP contribution in [0.4, 0.5) is 5.82 Å². The fourth-order valence-corrected chi connectivity index (χ4v) is 4.70. The Bertz CT molecular complexity index is 1260. The highest BCUT2D eigenvalue weighted by molar-refractivity contribution is 5.87. The summed E-state index contributed by atoms with van der Waals surface area (Å²) >= 11 is 0. The number of carbonyl (C=O) groups is 2. The van der Waals surface area contributed by atoms with Gasteiger partial charge in [0.1, 0.15) is 6.54 Å². The highest BCUT2D eigenvalue weighted by Gasteiger charge is 2.35. The maximum atomic E-state index is 13.2. The van der Waals surface area contributed by atoms with E-state index in [0.717, 1.165) is 35.5 Å². The lowest BCUT2D eigenvalue weighted by Gasteiger charge is -2.36. The van der Waals surface area contributed by atoms with Crippen molar-refractivity contribution in [1.82, 2.24) is 20.0 Å². The van der Waals surface area contributed by atoms with Crippen molar-refractivity contribution in [2.75, 3.05) is 51.8 Å². The van der Waals surface area contributed by atoms with Crippen molar-refractivity contribution in [3.8, 4) is 22.8 Å². The monoisotopic (exact) mass is 515 g/mol. The first-order chi connectivity index (χ1) is 18.6. The Labute approximate surface area is 223 Å². The second-order valence-electron chi connectivity index (χ2n) is 9.67. The summed E-state index contributed by atoms with van der Waals surface area (Å²) in [5.74, 6) is 2.22. The predicted octanol–water partition coefficient (Wildman–Crippen LogP) is 3.25. The van der Waals surface area contributed by atoms with Crippen molar-refractivity contribution in [2.45, 2.75) is 19.4 Å². The first kappa shape index (κ1) is 25.5. The molecule has 1 saturated heterocycles. The van der Waals surface area contributed by atoms with Gasteiger partial charge in [-0.15, -0.1) is 10.2 Å². The van der Waals surface area contributed by atoms with Gasteiger partial charge in [-0.2, -0.15) is 0 Å². The molecule has 0 N–H and O–H groups in total. The fraction of sp³-hybridized carbons (Fsp3) is 0.379. The number of amides is 2. The summed E-state index contributed by atoms with van der Waals surface area (Å²) < 4.78 is 10.7. The normalized spacial score (nSPS) is 15.2. The zero-order valence-electron chi connectivity index (χ0n) is 21.9. The number of aromatic nitrogens is 2. The number of benzene rings is 2. The Morgan fingerprint density at radius 1 is 0.895 bits per heavy atom. The molecule has 1 aliphatic carbocycles. The summed E-state index contributed by atoms with van der Waals surface area (Å²) in [6.45, 7) is 3.05. The molecule has 38 heavy (non-hydrogen) atoms. The molecule has 0 bridgehead atoms. The smallest absolute Gasteiger partial charge is 0.242 e. The van der Waals surface area contributed by atoms with Gasteiger partial charge in [0.2, 0.25) is 11.8 Å². The van der Waals surface area contributed by atoms with Gasteiger partial charge in [0.15, 0.2) is 17.3 Å². The number of ether oxygens (including phenoxy) is 2. The minimum absolute atomic E-state index is 0.00975. The lowest BCUT2D eigenvalue weighted by molar-refractivity contribution is -0.142. The standard InChI is InChI=1S/C29H33N5O4/c1-37-25-12-10-23(18-26(25)38-2)24-11-13-27(31-30-24)32-14-16-33(17-15-32)28(35)20-34(29(36)22-8-9-22)19-21-6-4-3-5-7-21/h3-7,10-13,18,22H,8-9,14-17,19-20H2,1-2H3. The number of hydrogen-bond donors (Lipinski definition) is 0. The first-order valence-electron chi connectivity index (χ1n) is 13.0. The van der Waals surface area contributed by atoms with Gasteiger partial charge in [-0.1, -0.05) is 30.3 Å². The Morgan fingerprint density at radius 2 is 1.63 bits per heavy atom. The van der Waals surface area contributed by atoms with Crippen LogP contribution >= 0.6 is 0 Å². The Balaban J connectivity index is 1.18. The Morgan fingerprint density at radius 3 is 2.26 bits per heavy atom. The molecule has 0 unspecified atom stereocenters. The van der Waals surface area contributed by atoms with Crippen LogP contribution in [0.2, 0.25) is 0 Å². The van der Waals surface area contributed by atoms with E-state index in [4.69, 9.17) is 9.47 Å². The number of methoxy groups -OCH3 is 2. The molecule has 2 aromatic carbocycles. The van der Waals surface area contributed by atoms with Gasteiger partial charge in [-0.05, 0) is 48.7 Å². The van der Waals surface area contributed by atoms with Crippen LogP contribution in [-0.2, 0) is 16.1 Å². The minimum atomic E-state index is -0.00975. The number of anilines is 1. The molecule has 0 radical (unpaired) electrons. The largest absolute Gasteiger partial charge is 0.493 e. The average Bonchev–Trinajstić information content (AvgIpc) is 3.82. The summed E-state index contributed by atoms with van der Waals surface area (Å²) in [6.07, 6.45) is 1.84. The average molecular weight is 516 g/mol. The highest BCUT2D eigenvalue weighted by Crippen LogP contribution is 2.32. The van der Waals surface area contributed by atoms with Crippen LogP contribution in [0.5, 0.6) is 11.5 Å². The number of rotatable bonds is 9. The van der Waals surface area contributed by atoms with E-state index in [1.807, 2.05) is 65.6 Å². The van der Waals surface area contributed by atoms with E-state index in [2.05, 4.69) is 15.1 Å². The lowest BCUT2D eigenvalue weighted by atomic mass is 10.1. The summed E-state index contributed by atoms with van der Waals surface area (Å²) in [5.41, 5.74) is 2.66. The summed E-state index contributed by atoms with van der Waals surface area (Å²) in [5, 5.41) is 8.86. The van der Waals surface area contributed by atoms with Crippen molar-refractivity contribution in [2.24, 2.45) is 5.92 Å². The quantitative estimate of drug-likeness (QED) is 0.432. The zero-order valence-corrected chi connectivity index (χ0v) is 21.9. The second-order valence-corrected chi connectivity index (χ2v) is 9.67. The van der Waals surface area contributed by atoms with Crippen molar-refractivity contribution in [3.63, 3.8) is 0 Å². The van der Waals surface area contributed by atoms with Gasteiger partial charge in [0.05, 0.1) is 19.9 Å². The molecular weight excluding hydrogens is 482 g/mol. The summed E-state index contributed by atoms with van der Waals surface area (Å²) in [7, 11) is 3.21. The molecule has 5 rings (SSSR count). The molecular formula is C29H33N5O4. The van der Waals surface area contributed by atoms with Crippen LogP contribution in [-0.4, -0.2) is 78.8 Å². The molecule has 2 heterocycles. The third kappa shape index (κ3) is 5.88. The minimum Gasteiger partial charge on any atom is -0.493 e. The molecule has 1 saturated carbocycles. The maximum Gasteiger partial charge on any atom is 0.242 e. The van der Waals surface area contributed by atoms with E-state index in [9.17, 15) is 9.59 Å². The van der Waals surface area contributed by atoms with Crippen molar-refractivity contribution in [1.29, 1.82) is 0 Å². The number of piperazine rings is 1. The highest BCUT2D eigenvalue weighted by atomic mass is 16.5. The van der Waals surface area contributed by atoms with E-state index >= 15 is 0 Å². The van der Waals surface area contributed by atoms with Crippen LogP contribution < -0.4 is 14.4 Å². The molecule has 2 fully saturated rings. The molecule has 198 valence electrons. The van der Waals surface area contributed by atoms with Crippen molar-refractivity contribution >= 4 is 17.6 Å². The van der Waals surface area contributed by atoms with E-state index in [1.54, 1.807) is 19.1 Å². The van der Waals surface area contributed by atoms with Crippen molar-refractivity contribution < 1.29 is 19.1 Å². The van der Waals surface area contributed by atoms with Crippen molar-refractivity contribution in [3.05, 3.63) is 66.2 Å². The molecule has 0 spiro atoms. The second kappa shape index (κ2) is 11.5. The summed E-state index contributed by atoms with van der Waals surface area (Å²) in [4.78, 5) is 31.7.